The van der Waals surface area contributed by atoms with E-state index in [2.05, 4.69) is 12.1 Å². The van der Waals surface area contributed by atoms with Crippen molar-refractivity contribution in [3.8, 4) is 34.9 Å². The Kier molecular flexibility index (Phi) is 5.48. The van der Waals surface area contributed by atoms with Gasteiger partial charge in [0.25, 0.3) is 0 Å². The summed E-state index contributed by atoms with van der Waals surface area (Å²) in [6, 6.07) is -3.20. The van der Waals surface area contributed by atoms with Gasteiger partial charge in [-0.25, -0.2) is 0 Å². The maximum atomic E-state index is 13.2. The Morgan fingerprint density at radius 2 is 0.792 bits per heavy atom. The highest BCUT2D eigenvalue weighted by molar-refractivity contribution is 6.24. The average molecular weight is 1020 g/mol. The number of rotatable bonds is 4. The number of benzene rings is 10. The summed E-state index contributed by atoms with van der Waals surface area (Å²) < 4.78 is 240. The first-order valence-electron chi connectivity index (χ1n) is 36.4. The molecule has 0 saturated carbocycles. The molecule has 0 saturated heterocycles. The third-order valence-electron chi connectivity index (χ3n) is 14.7. The lowest BCUT2D eigenvalue weighted by Gasteiger charge is -2.27. The predicted octanol–water partition coefficient (Wildman–Crippen LogP) is 18.3. The number of furan rings is 1. The molecule has 0 spiro atoms. The van der Waals surface area contributed by atoms with Gasteiger partial charge in [0.15, 0.2) is 5.58 Å². The van der Waals surface area contributed by atoms with Gasteiger partial charge in [-0.1, -0.05) is 175 Å². The quantitative estimate of drug-likeness (QED) is 0.176. The first-order valence-corrected chi connectivity index (χ1v) is 24.4. The van der Waals surface area contributed by atoms with E-state index in [1.807, 2.05) is 59.7 Å². The van der Waals surface area contributed by atoms with Crippen LogP contribution < -0.4 is 0 Å². The van der Waals surface area contributed by atoms with Crippen LogP contribution in [0.2, 0.25) is 0 Å². The molecular weight excluding hydrogens is 941 g/mol. The summed E-state index contributed by atoms with van der Waals surface area (Å²) in [4.78, 5) is 0. The van der Waals surface area contributed by atoms with E-state index in [9.17, 15) is 35.2 Å². The maximum absolute atomic E-state index is 13.2. The molecule has 15 aromatic rings. The second-order valence-corrected chi connectivity index (χ2v) is 20.9. The molecule has 15 rings (SSSR count). The summed E-state index contributed by atoms with van der Waals surface area (Å²) in [6.45, 7) is 11.9. The Labute approximate surface area is 477 Å². The molecule has 0 N–H and O–H groups in total. The smallest absolute Gasteiger partial charge is 0.160 e. The maximum Gasteiger partial charge on any atom is 0.160 e. The largest absolute Gasteiger partial charge is 0.454 e. The topological polar surface area (TPSA) is 80.4 Å². The monoisotopic (exact) mass is 1010 g/mol. The summed E-state index contributed by atoms with van der Waals surface area (Å²) in [5.41, 5.74) is -8.07. The van der Waals surface area contributed by atoms with E-state index in [4.69, 9.17) is 12.6 Å². The zero-order valence-electron chi connectivity index (χ0n) is 65.7. The summed E-state index contributed by atoms with van der Waals surface area (Å²) in [7, 11) is 0. The fourth-order valence-corrected chi connectivity index (χ4v) is 11.4. The lowest BCUT2D eigenvalue weighted by atomic mass is 9.82. The second kappa shape index (κ2) is 15.9. The SMILES string of the molecule is [2H]c1c([2H])c([2H])c2c(c1[2H])c1c([2H])c([2H])c([2H])c([2H])c1n2-c1c(C#N)c(-n2c3c([2H])c([2H])c([2H])c([2H])c3c3c([2H])c([2H])c([2H])c([2H])c32)c(-n2c3ccc(C(C)(C)C)cc3c3cc(C(C)(C)C)c4c5ccccc5oc4c32)c(C#N)c1-n1c2c([2H])c([2H])c([2H])c([2H])c2c2c([2H])c([2H])c([2H])c([2H])c21. The molecule has 0 amide bonds. The first-order chi connectivity index (χ1) is 47.4. The van der Waals surface area contributed by atoms with Gasteiger partial charge < -0.3 is 22.7 Å². The van der Waals surface area contributed by atoms with Crippen molar-refractivity contribution in [2.45, 2.75) is 52.4 Å². The second-order valence-electron chi connectivity index (χ2n) is 20.9. The van der Waals surface area contributed by atoms with Crippen molar-refractivity contribution < 1.29 is 37.3 Å². The molecular formula is C70H50N6O. The van der Waals surface area contributed by atoms with Crippen LogP contribution in [0.1, 0.15) is 96.7 Å². The summed E-state index contributed by atoms with van der Waals surface area (Å²) in [5.74, 6) is 0. The Balaban J connectivity index is 1.42. The minimum Gasteiger partial charge on any atom is -0.454 e. The molecule has 0 fully saturated rings. The van der Waals surface area contributed by atoms with Gasteiger partial charge >= 0.3 is 0 Å². The molecule has 77 heavy (non-hydrogen) atoms. The molecule has 7 nitrogen and oxygen atoms in total. The number of hydrogen-bond acceptors (Lipinski definition) is 3. The van der Waals surface area contributed by atoms with Crippen LogP contribution in [0.15, 0.2) is 198 Å². The molecule has 5 heterocycles. The molecule has 0 aliphatic heterocycles. The Morgan fingerprint density at radius 1 is 0.403 bits per heavy atom. The van der Waals surface area contributed by atoms with Gasteiger partial charge in [0, 0.05) is 53.9 Å². The van der Waals surface area contributed by atoms with Gasteiger partial charge in [-0.2, -0.15) is 10.5 Å². The van der Waals surface area contributed by atoms with E-state index in [0.717, 1.165) is 24.8 Å². The van der Waals surface area contributed by atoms with Crippen LogP contribution in [-0.2, 0) is 10.8 Å². The number of hydrogen-bond donors (Lipinski definition) is 0. The molecule has 10 aromatic carbocycles. The number of nitriles is 2. The highest BCUT2D eigenvalue weighted by Crippen LogP contribution is 2.51. The van der Waals surface area contributed by atoms with Gasteiger partial charge in [-0.3, -0.25) is 0 Å². The van der Waals surface area contributed by atoms with Crippen molar-refractivity contribution in [1.82, 2.24) is 18.3 Å². The third-order valence-corrected chi connectivity index (χ3v) is 14.7. The van der Waals surface area contributed by atoms with Crippen LogP contribution in [-0.4, -0.2) is 18.3 Å². The van der Waals surface area contributed by atoms with Crippen LogP contribution in [0.3, 0.4) is 0 Å². The molecule has 0 aliphatic rings. The van der Waals surface area contributed by atoms with Gasteiger partial charge in [0.1, 0.15) is 28.8 Å². The van der Waals surface area contributed by atoms with Gasteiger partial charge in [0.05, 0.1) is 99.8 Å². The van der Waals surface area contributed by atoms with E-state index in [-0.39, 0.29) is 16.6 Å². The molecule has 7 heteroatoms. The highest BCUT2D eigenvalue weighted by Gasteiger charge is 2.36. The molecule has 0 bridgehead atoms. The van der Waals surface area contributed by atoms with Crippen LogP contribution in [0.5, 0.6) is 0 Å². The van der Waals surface area contributed by atoms with Crippen molar-refractivity contribution in [2.24, 2.45) is 0 Å². The van der Waals surface area contributed by atoms with Crippen LogP contribution in [0, 0.1) is 22.7 Å². The average Bonchev–Trinajstić information content (AvgIpc) is 1.53. The molecule has 0 aliphatic carbocycles. The minimum atomic E-state index is -0.988. The standard InChI is InChI=1S/C70H50N6O/c1-69(2,3)41-35-36-60-49(37-41)50-38-53(70(4,5)6)62-48-27-13-20-34-61(48)77-68(62)67(50)76(60)66-52(40-72)64(74-56-30-16-9-23-44(56)45-24-10-17-31-57(45)74)63(73-54-28-14-7-21-42(54)43-22-8-15-29-55(43)73)51(39-71)65(66)75-58-32-18-11-25-46(58)47-26-12-19-33-59(47)75/h7-38H,1-6H3/i7D,8D,9D,10D,11D,12D,14D,15D,16D,17D,18D,19D,21D,22D,23D,24D,25D,26D,28D,29D,30D,31D,32D,33D. The predicted molar refractivity (Wildman–Crippen MR) is 318 cm³/mol. The van der Waals surface area contributed by atoms with Crippen LogP contribution in [0.25, 0.3) is 132 Å². The zero-order valence-corrected chi connectivity index (χ0v) is 41.7. The first kappa shape index (κ1) is 26.6. The van der Waals surface area contributed by atoms with E-state index in [0.29, 0.717) is 27.1 Å². The molecule has 0 unspecified atom stereocenters. The van der Waals surface area contributed by atoms with E-state index < -0.39 is 255 Å². The number of fused-ring (bicyclic) bond motifs is 16. The van der Waals surface area contributed by atoms with E-state index in [1.165, 1.54) is 4.57 Å². The molecule has 366 valence electrons. The lowest BCUT2D eigenvalue weighted by molar-refractivity contribution is 0.591. The van der Waals surface area contributed by atoms with Crippen molar-refractivity contribution in [1.29, 1.82) is 10.5 Å². The minimum absolute atomic E-state index is 0.0984. The van der Waals surface area contributed by atoms with E-state index in [1.54, 1.807) is 30.3 Å². The van der Waals surface area contributed by atoms with Crippen molar-refractivity contribution in [3.05, 3.63) is 216 Å². The van der Waals surface area contributed by atoms with Gasteiger partial charge in [-0.15, -0.1) is 0 Å². The number of aromatic nitrogens is 4. The summed E-state index contributed by atoms with van der Waals surface area (Å²) >= 11 is 0. The van der Waals surface area contributed by atoms with Gasteiger partial charge in [0.2, 0.25) is 0 Å². The van der Waals surface area contributed by atoms with Gasteiger partial charge in [-0.05, 0) is 82.5 Å². The molecule has 0 atom stereocenters. The van der Waals surface area contributed by atoms with E-state index >= 15 is 0 Å². The number of para-hydroxylation sites is 7. The zero-order chi connectivity index (χ0) is 73.1. The number of nitrogens with zero attached hydrogens (tertiary/aromatic N) is 6. The Hall–Kier alpha value is -9.82. The van der Waals surface area contributed by atoms with Crippen LogP contribution >= 0.6 is 0 Å². The summed E-state index contributed by atoms with van der Waals surface area (Å²) in [6.07, 6.45) is 0. The van der Waals surface area contributed by atoms with Crippen molar-refractivity contribution in [2.75, 3.05) is 0 Å². The fourth-order valence-electron chi connectivity index (χ4n) is 11.4. The summed E-state index contributed by atoms with van der Waals surface area (Å²) in [5, 5.41) is 24.9. The Morgan fingerprint density at radius 3 is 1.18 bits per heavy atom. The fraction of sp³-hybridized carbons (Fsp3) is 0.114. The van der Waals surface area contributed by atoms with Crippen molar-refractivity contribution >= 4 is 109 Å². The molecule has 5 aromatic heterocycles. The lowest BCUT2D eigenvalue weighted by Crippen LogP contribution is -2.17. The third kappa shape index (κ3) is 6.06. The normalized spacial score (nSPS) is 16.9. The Bertz CT molecular complexity index is 6390. The van der Waals surface area contributed by atoms with Crippen LogP contribution in [0.4, 0.5) is 0 Å². The molecule has 0 radical (unpaired) electrons. The highest BCUT2D eigenvalue weighted by atomic mass is 16.3. The van der Waals surface area contributed by atoms with Crippen molar-refractivity contribution in [3.63, 3.8) is 0 Å².